The van der Waals surface area contributed by atoms with Crippen LogP contribution in [0.3, 0.4) is 0 Å². The van der Waals surface area contributed by atoms with E-state index in [1.54, 1.807) is 0 Å². The fourth-order valence-electron chi connectivity index (χ4n) is 0.883. The summed E-state index contributed by atoms with van der Waals surface area (Å²) in [5.41, 5.74) is 16.1. The zero-order chi connectivity index (χ0) is 11.8. The molecule has 0 aliphatic rings. The van der Waals surface area contributed by atoms with Gasteiger partial charge in [0.05, 0.1) is 0 Å². The molecule has 0 aliphatic carbocycles. The van der Waals surface area contributed by atoms with Crippen LogP contribution >= 0.6 is 0 Å². The molecule has 0 bridgehead atoms. The molecule has 0 rings (SSSR count). The summed E-state index contributed by atoms with van der Waals surface area (Å²) in [7, 11) is 0. The summed E-state index contributed by atoms with van der Waals surface area (Å²) in [5, 5.41) is 0. The molecule has 0 spiro atoms. The van der Waals surface area contributed by atoms with Crippen LogP contribution in [0.25, 0.3) is 0 Å². The lowest BCUT2D eigenvalue weighted by Crippen LogP contribution is -2.37. The minimum atomic E-state index is 0.681. The van der Waals surface area contributed by atoms with Crippen molar-refractivity contribution in [3.8, 4) is 0 Å². The predicted octanol–water partition coefficient (Wildman–Crippen LogP) is -0.231. The van der Waals surface area contributed by atoms with Crippen molar-refractivity contribution in [2.45, 2.75) is 0 Å². The molecule has 0 saturated heterocycles. The lowest BCUT2D eigenvalue weighted by atomic mass is 10.4. The molecule has 0 radical (unpaired) electrons. The normalized spacial score (nSPS) is 8.29. The summed E-state index contributed by atoms with van der Waals surface area (Å²) in [6.07, 6.45) is 0. The number of hydrogen-bond acceptors (Lipinski definition) is 4. The van der Waals surface area contributed by atoms with Gasteiger partial charge in [-0.25, -0.2) is 0 Å². The van der Waals surface area contributed by atoms with Crippen molar-refractivity contribution in [1.29, 1.82) is 0 Å². The minimum absolute atomic E-state index is 0.681. The van der Waals surface area contributed by atoms with E-state index in [2.05, 4.69) is 31.2 Å². The second kappa shape index (κ2) is 22.8. The van der Waals surface area contributed by atoms with Gasteiger partial charge in [-0.15, -0.1) is 26.3 Å². The van der Waals surface area contributed by atoms with Crippen molar-refractivity contribution >= 4 is 0 Å². The van der Waals surface area contributed by atoms with Crippen LogP contribution in [0.2, 0.25) is 0 Å². The Bertz CT molecular complexity index is 71.9. The standard InChI is InChI=1S/C6H18N4.2C2H4/c7-1-4-10(5-2-8)6-3-9;2*1-2/h1-9H2;2*1-2H2. The molecule has 0 aromatic rings. The molecule has 0 unspecified atom stereocenters. The zero-order valence-electron chi connectivity index (χ0n) is 9.25. The molecular weight excluding hydrogens is 176 g/mol. The van der Waals surface area contributed by atoms with Crippen molar-refractivity contribution in [2.75, 3.05) is 39.3 Å². The van der Waals surface area contributed by atoms with E-state index >= 15 is 0 Å². The summed E-state index contributed by atoms with van der Waals surface area (Å²) in [5.74, 6) is 0. The first kappa shape index (κ1) is 19.0. The van der Waals surface area contributed by atoms with Crippen LogP contribution in [0.4, 0.5) is 0 Å². The van der Waals surface area contributed by atoms with Crippen LogP contribution in [0, 0.1) is 0 Å². The summed E-state index contributed by atoms with van der Waals surface area (Å²) in [4.78, 5) is 2.17. The molecule has 0 amide bonds. The van der Waals surface area contributed by atoms with E-state index < -0.39 is 0 Å². The van der Waals surface area contributed by atoms with Gasteiger partial charge >= 0.3 is 0 Å². The fraction of sp³-hybridized carbons (Fsp3) is 0.600. The largest absolute Gasteiger partial charge is 0.329 e. The molecule has 4 heteroatoms. The molecule has 86 valence electrons. The lowest BCUT2D eigenvalue weighted by molar-refractivity contribution is 0.297. The van der Waals surface area contributed by atoms with E-state index in [4.69, 9.17) is 17.2 Å². The third-order valence-corrected chi connectivity index (χ3v) is 1.34. The van der Waals surface area contributed by atoms with E-state index in [1.807, 2.05) is 0 Å². The van der Waals surface area contributed by atoms with Crippen LogP contribution in [0.5, 0.6) is 0 Å². The Kier molecular flexibility index (Phi) is 30.9. The summed E-state index contributed by atoms with van der Waals surface area (Å²) < 4.78 is 0. The van der Waals surface area contributed by atoms with Crippen molar-refractivity contribution in [2.24, 2.45) is 17.2 Å². The van der Waals surface area contributed by atoms with E-state index in [-0.39, 0.29) is 0 Å². The van der Waals surface area contributed by atoms with E-state index in [0.717, 1.165) is 19.6 Å². The first-order chi connectivity index (χ1) is 6.85. The van der Waals surface area contributed by atoms with E-state index in [1.165, 1.54) is 0 Å². The Hall–Kier alpha value is -0.680. The third kappa shape index (κ3) is 17.4. The monoisotopic (exact) mass is 202 g/mol. The minimum Gasteiger partial charge on any atom is -0.329 e. The van der Waals surface area contributed by atoms with Crippen LogP contribution in [0.15, 0.2) is 26.3 Å². The number of hydrogen-bond donors (Lipinski definition) is 3. The number of nitrogens with two attached hydrogens (primary N) is 3. The lowest BCUT2D eigenvalue weighted by Gasteiger charge is -2.18. The second-order valence-corrected chi connectivity index (χ2v) is 2.21. The average molecular weight is 202 g/mol. The molecule has 6 N–H and O–H groups in total. The Morgan fingerprint density at radius 2 is 0.857 bits per heavy atom. The highest BCUT2D eigenvalue weighted by Gasteiger charge is 1.98. The van der Waals surface area contributed by atoms with Crippen molar-refractivity contribution in [1.82, 2.24) is 4.90 Å². The van der Waals surface area contributed by atoms with Crippen molar-refractivity contribution in [3.05, 3.63) is 26.3 Å². The number of rotatable bonds is 6. The molecule has 0 atom stereocenters. The highest BCUT2D eigenvalue weighted by Crippen LogP contribution is 1.81. The first-order valence-electron chi connectivity index (χ1n) is 4.67. The smallest absolute Gasteiger partial charge is 0.0106 e. The first-order valence-corrected chi connectivity index (χ1v) is 4.67. The maximum absolute atomic E-state index is 5.37. The van der Waals surface area contributed by atoms with Gasteiger partial charge in [0.25, 0.3) is 0 Å². The van der Waals surface area contributed by atoms with Crippen LogP contribution in [-0.4, -0.2) is 44.2 Å². The molecule has 0 aromatic carbocycles. The Balaban J connectivity index is -0.000000266. The Labute approximate surface area is 88.4 Å². The summed E-state index contributed by atoms with van der Waals surface area (Å²) >= 11 is 0. The van der Waals surface area contributed by atoms with Gasteiger partial charge in [0.1, 0.15) is 0 Å². The van der Waals surface area contributed by atoms with Crippen LogP contribution < -0.4 is 17.2 Å². The highest BCUT2D eigenvalue weighted by atomic mass is 15.1. The fourth-order valence-corrected chi connectivity index (χ4v) is 0.883. The molecule has 14 heavy (non-hydrogen) atoms. The quantitative estimate of drug-likeness (QED) is 0.520. The Morgan fingerprint density at radius 3 is 1.00 bits per heavy atom. The average Bonchev–Trinajstić information content (AvgIpc) is 2.25. The maximum Gasteiger partial charge on any atom is 0.0106 e. The molecule has 0 aliphatic heterocycles. The van der Waals surface area contributed by atoms with E-state index in [9.17, 15) is 0 Å². The van der Waals surface area contributed by atoms with Gasteiger partial charge in [-0.2, -0.15) is 0 Å². The van der Waals surface area contributed by atoms with Gasteiger partial charge in [0, 0.05) is 39.3 Å². The molecule has 0 saturated carbocycles. The maximum atomic E-state index is 5.37. The molecule has 0 fully saturated rings. The van der Waals surface area contributed by atoms with Gasteiger partial charge in [-0.1, -0.05) is 0 Å². The zero-order valence-corrected chi connectivity index (χ0v) is 9.25. The van der Waals surface area contributed by atoms with Gasteiger partial charge in [-0.3, -0.25) is 4.90 Å². The molecule has 0 aromatic heterocycles. The van der Waals surface area contributed by atoms with Crippen molar-refractivity contribution in [3.63, 3.8) is 0 Å². The topological polar surface area (TPSA) is 81.3 Å². The van der Waals surface area contributed by atoms with Crippen LogP contribution in [-0.2, 0) is 0 Å². The Morgan fingerprint density at radius 1 is 0.643 bits per heavy atom. The summed E-state index contributed by atoms with van der Waals surface area (Å²) in [6, 6.07) is 0. The second-order valence-electron chi connectivity index (χ2n) is 2.21. The van der Waals surface area contributed by atoms with Crippen molar-refractivity contribution < 1.29 is 0 Å². The highest BCUT2D eigenvalue weighted by molar-refractivity contribution is 4.58. The molecule has 0 heterocycles. The van der Waals surface area contributed by atoms with Gasteiger partial charge in [-0.05, 0) is 0 Å². The van der Waals surface area contributed by atoms with Gasteiger partial charge in [0.15, 0.2) is 0 Å². The number of nitrogens with zero attached hydrogens (tertiary/aromatic N) is 1. The van der Waals surface area contributed by atoms with Gasteiger partial charge < -0.3 is 17.2 Å². The molecular formula is C10H26N4. The molecule has 4 nitrogen and oxygen atoms in total. The third-order valence-electron chi connectivity index (χ3n) is 1.34. The predicted molar refractivity (Wildman–Crippen MR) is 66.1 cm³/mol. The van der Waals surface area contributed by atoms with Gasteiger partial charge in [0.2, 0.25) is 0 Å². The van der Waals surface area contributed by atoms with E-state index in [0.29, 0.717) is 19.6 Å². The van der Waals surface area contributed by atoms with Crippen LogP contribution in [0.1, 0.15) is 0 Å². The SMILES string of the molecule is C=C.C=C.NCCN(CCN)CCN. The summed E-state index contributed by atoms with van der Waals surface area (Å²) in [6.45, 7) is 16.7.